The summed E-state index contributed by atoms with van der Waals surface area (Å²) < 4.78 is 6.10. The molecule has 0 saturated carbocycles. The predicted octanol–water partition coefficient (Wildman–Crippen LogP) is 0.759. The summed E-state index contributed by atoms with van der Waals surface area (Å²) in [5, 5.41) is 24.5. The van der Waals surface area contributed by atoms with Gasteiger partial charge in [-0.1, -0.05) is 28.5 Å². The van der Waals surface area contributed by atoms with Crippen LogP contribution in [0.3, 0.4) is 0 Å². The first-order valence-electron chi connectivity index (χ1n) is 27.8. The van der Waals surface area contributed by atoms with Gasteiger partial charge in [0.15, 0.2) is 28.6 Å². The number of guanidine groups is 1. The number of nitrogens with zero attached hydrogens (tertiary/aromatic N) is 5. The Morgan fingerprint density at radius 3 is 2.35 bits per heavy atom. The number of nitrogens with one attached hydrogen (secondary N) is 9. The van der Waals surface area contributed by atoms with E-state index < -0.39 is 64.3 Å². The molecule has 28 heteroatoms. The fraction of sp³-hybridized carbons (Fsp3) is 0.564. The number of aromatic nitrogens is 4. The van der Waals surface area contributed by atoms with Gasteiger partial charge in [-0.3, -0.25) is 53.6 Å². The van der Waals surface area contributed by atoms with Gasteiger partial charge in [-0.25, -0.2) is 9.97 Å². The van der Waals surface area contributed by atoms with Gasteiger partial charge in [0.2, 0.25) is 35.2 Å². The van der Waals surface area contributed by atoms with E-state index in [1.165, 1.54) is 27.8 Å². The van der Waals surface area contributed by atoms with Crippen molar-refractivity contribution in [2.45, 2.75) is 154 Å². The first-order valence-corrected chi connectivity index (χ1v) is 30.3. The molecule has 2 saturated heterocycles. The Hall–Kier alpha value is -7.14. The molecule has 7 rings (SSSR count). The maximum Gasteiger partial charge on any atom is 0.280 e. The Kier molecular flexibility index (Phi) is 20.3. The topological polar surface area (TPSA) is 400 Å². The van der Waals surface area contributed by atoms with Gasteiger partial charge in [0, 0.05) is 90.6 Å². The molecule has 26 nitrogen and oxygen atoms in total. The van der Waals surface area contributed by atoms with Gasteiger partial charge in [0.1, 0.15) is 12.1 Å². The number of nitrogen functional groups attached to an aromatic ring is 1. The summed E-state index contributed by atoms with van der Waals surface area (Å²) in [5.74, 6) is -2.44. The number of ether oxygens (including phenoxy) is 1. The van der Waals surface area contributed by atoms with Crippen LogP contribution in [0, 0.1) is 5.92 Å². The normalized spacial score (nSPS) is 20.6. The van der Waals surface area contributed by atoms with Crippen molar-refractivity contribution >= 4 is 91.3 Å². The van der Waals surface area contributed by atoms with E-state index in [0.717, 1.165) is 0 Å². The summed E-state index contributed by atoms with van der Waals surface area (Å²) in [4.78, 5) is 130. The van der Waals surface area contributed by atoms with Crippen LogP contribution in [0.4, 0.5) is 11.6 Å². The smallest absolute Gasteiger partial charge is 0.280 e. The number of piperazine rings is 1. The number of H-pyrrole nitrogens is 1. The van der Waals surface area contributed by atoms with Crippen LogP contribution >= 0.6 is 21.6 Å². The molecule has 8 atom stereocenters. The van der Waals surface area contributed by atoms with Crippen LogP contribution in [-0.2, 0) is 40.0 Å². The van der Waals surface area contributed by atoms with Crippen molar-refractivity contribution < 1.29 is 38.3 Å². The van der Waals surface area contributed by atoms with Crippen LogP contribution in [0.15, 0.2) is 62.8 Å². The number of likely N-dealkylation sites (N-methyl/N-ethyl adjacent to an activating group) is 1. The zero-order valence-electron chi connectivity index (χ0n) is 48.7. The Morgan fingerprint density at radius 1 is 0.952 bits per heavy atom. The molecule has 1 aliphatic carbocycles. The van der Waals surface area contributed by atoms with Crippen LogP contribution < -0.4 is 65.3 Å². The molecule has 2 aromatic heterocycles. The number of ketones is 3. The third-order valence-corrected chi connectivity index (χ3v) is 17.8. The highest BCUT2D eigenvalue weighted by molar-refractivity contribution is 8.76. The minimum absolute atomic E-state index is 0.0326. The number of fused-ring (bicyclic) bond motifs is 5. The molecule has 3 aromatic rings. The Bertz CT molecular complexity index is 3150. The molecule has 15 N–H and O–H groups in total. The zero-order chi connectivity index (χ0) is 60.7. The fourth-order valence-corrected chi connectivity index (χ4v) is 13.1. The second-order valence-electron chi connectivity index (χ2n) is 22.5. The highest BCUT2D eigenvalue weighted by Gasteiger charge is 2.71. The van der Waals surface area contributed by atoms with E-state index in [9.17, 15) is 38.4 Å². The molecular formula is C55H79N17O9S2. The van der Waals surface area contributed by atoms with Crippen LogP contribution in [0.5, 0.6) is 0 Å². The largest absolute Gasteiger partial charge is 0.379 e. The molecule has 4 aliphatic rings. The van der Waals surface area contributed by atoms with Crippen molar-refractivity contribution in [2.75, 3.05) is 49.3 Å². The lowest BCUT2D eigenvalue weighted by atomic mass is 9.82. The highest BCUT2D eigenvalue weighted by Crippen LogP contribution is 2.55. The third-order valence-electron chi connectivity index (χ3n) is 15.4. The van der Waals surface area contributed by atoms with E-state index in [0.29, 0.717) is 65.5 Å². The average molecular weight is 1190 g/mol. The number of benzene rings is 1. The van der Waals surface area contributed by atoms with Gasteiger partial charge in [-0.2, -0.15) is 4.98 Å². The monoisotopic (exact) mass is 1190 g/mol. The second-order valence-corrected chi connectivity index (χ2v) is 25.2. The summed E-state index contributed by atoms with van der Waals surface area (Å²) in [5.41, 5.74) is 16.8. The number of hydrogen-bond donors (Lipinski definition) is 12. The molecule has 3 aliphatic heterocycles. The number of methoxy groups -OCH3 is 1. The van der Waals surface area contributed by atoms with Crippen LogP contribution in [0.25, 0.3) is 11.2 Å². The summed E-state index contributed by atoms with van der Waals surface area (Å²) in [6.07, 6.45) is 2.85. The Labute approximate surface area is 489 Å². The van der Waals surface area contributed by atoms with Crippen molar-refractivity contribution in [3.8, 4) is 0 Å². The first-order chi connectivity index (χ1) is 39.2. The SMILES string of the molecule is CCNC(=O)[C@H](C)NC(=O)[C@H](CSSCCC(C)(C)NC1=C(C)C(=O)C2=C(C1=O)C(C)[C@@]1(OC)[C@H]3N[C@H]3CN21)NC(=O)[C@H](CCCN=C(N)N)NC(C)(C)C(=O)CC[C@@H](C)NC(=O)c1ccc(NCc2cnc3nc(N)[nH]c(=O)c3n2)cc1. The maximum absolute atomic E-state index is 14.4. The van der Waals surface area contributed by atoms with Crippen molar-refractivity contribution in [3.05, 3.63) is 74.6 Å². The number of anilines is 2. The molecule has 0 radical (unpaired) electrons. The van der Waals surface area contributed by atoms with Crippen molar-refractivity contribution in [2.24, 2.45) is 22.4 Å². The number of aliphatic imine (C=N–C) groups is 1. The Balaban J connectivity index is 0.928. The summed E-state index contributed by atoms with van der Waals surface area (Å²) in [7, 11) is 4.42. The van der Waals surface area contributed by atoms with E-state index >= 15 is 0 Å². The molecule has 4 amide bonds. The highest BCUT2D eigenvalue weighted by atomic mass is 33.1. The van der Waals surface area contributed by atoms with Gasteiger partial charge in [0.05, 0.1) is 47.5 Å². The summed E-state index contributed by atoms with van der Waals surface area (Å²) in [6, 6.07) is 3.51. The lowest BCUT2D eigenvalue weighted by Gasteiger charge is -2.38. The van der Waals surface area contributed by atoms with Gasteiger partial charge >= 0.3 is 0 Å². The van der Waals surface area contributed by atoms with Crippen LogP contribution in [-0.4, -0.2) is 163 Å². The van der Waals surface area contributed by atoms with Crippen molar-refractivity contribution in [1.29, 1.82) is 0 Å². The third kappa shape index (κ3) is 14.8. The molecule has 2 fully saturated rings. The Morgan fingerprint density at radius 2 is 1.66 bits per heavy atom. The first kappa shape index (κ1) is 63.4. The number of hydrogen-bond acceptors (Lipinski definition) is 21. The van der Waals surface area contributed by atoms with Crippen molar-refractivity contribution in [3.63, 3.8) is 0 Å². The molecule has 1 aromatic carbocycles. The molecular weight excluding hydrogens is 1110 g/mol. The van der Waals surface area contributed by atoms with E-state index in [1.807, 2.05) is 25.7 Å². The molecule has 1 unspecified atom stereocenters. The van der Waals surface area contributed by atoms with E-state index in [1.54, 1.807) is 72.9 Å². The number of carbonyl (C=O) groups is 7. The molecule has 0 bridgehead atoms. The molecule has 83 heavy (non-hydrogen) atoms. The van der Waals surface area contributed by atoms with Gasteiger partial charge in [-0.05, 0) is 105 Å². The second kappa shape index (κ2) is 26.6. The van der Waals surface area contributed by atoms with E-state index in [-0.39, 0.29) is 108 Å². The number of rotatable bonds is 30. The zero-order valence-corrected chi connectivity index (χ0v) is 50.3. The predicted molar refractivity (Wildman–Crippen MR) is 319 cm³/mol. The van der Waals surface area contributed by atoms with Crippen LogP contribution in [0.2, 0.25) is 0 Å². The number of amides is 4. The van der Waals surface area contributed by atoms with Gasteiger partial charge in [0.25, 0.3) is 11.5 Å². The lowest BCUT2D eigenvalue weighted by molar-refractivity contribution is -0.132. The van der Waals surface area contributed by atoms with Gasteiger partial charge < -0.3 is 64.1 Å². The average Bonchev–Trinajstić information content (AvgIpc) is 1.59. The minimum Gasteiger partial charge on any atom is -0.379 e. The molecule has 450 valence electrons. The van der Waals surface area contributed by atoms with E-state index in [4.69, 9.17) is 21.9 Å². The van der Waals surface area contributed by atoms with Crippen LogP contribution in [0.1, 0.15) is 110 Å². The summed E-state index contributed by atoms with van der Waals surface area (Å²) >= 11 is 0. The van der Waals surface area contributed by atoms with E-state index in [2.05, 4.69) is 67.5 Å². The number of nitrogens with two attached hydrogens (primary N) is 3. The van der Waals surface area contributed by atoms with Gasteiger partial charge in [-0.15, -0.1) is 0 Å². The number of aromatic amines is 1. The number of carbonyl (C=O) groups excluding carboxylic acids is 7. The quantitative estimate of drug-likeness (QED) is 0.0109. The van der Waals surface area contributed by atoms with Crippen molar-refractivity contribution in [1.82, 2.24) is 62.1 Å². The fourth-order valence-electron chi connectivity index (χ4n) is 10.6. The summed E-state index contributed by atoms with van der Waals surface area (Å²) in [6.45, 7) is 17.3. The number of Topliss-reactive ketones (excluding diaryl/α,β-unsaturated/α-hetero) is 3. The lowest BCUT2D eigenvalue weighted by Crippen LogP contribution is -2.60. The minimum atomic E-state index is -1.26. The standard InChI is InChI=1S/C55H79N17O9S2/c1-11-59-46(76)30(5)64-49(79)36(26-83-82-22-20-53(6,7)71-39-28(3)42(74)41-38(43(39)75)29(4)55(81-10)44-35(66-44)25-72(41)55)67-48(78)34(13-12-21-60-51(56)57)70-54(8,9)37(73)19-14-27(2)63-47(77)31-15-17-32(18-16-31)61-23-33-24-62-45-40(65-33)50(80)69-52(58)68-45/h15-18,24,27,29-30,34-36,44,61,66,70-71H,11-14,19-23,25-26H2,1-10H3,(H,59,76)(H,63,77)(H,64,79)(H,67,78)(H4,56,57,60)(H3,58,62,68,69,80)/t27-,29?,30+,34+,35+,36+,44+,55-/m1/s1. The number of allylic oxidation sites excluding steroid dienone is 2. The molecule has 0 spiro atoms. The maximum atomic E-state index is 14.4. The molecule has 5 heterocycles.